The fourth-order valence-corrected chi connectivity index (χ4v) is 1.92. The minimum atomic E-state index is -3.25. The number of sulfone groups is 1. The van der Waals surface area contributed by atoms with Crippen molar-refractivity contribution in [2.45, 2.75) is 31.2 Å². The number of hydrazine groups is 1. The molecular formula is C12H18N2O3S. The Morgan fingerprint density at radius 3 is 1.94 bits per heavy atom. The highest BCUT2D eigenvalue weighted by atomic mass is 32.2. The molecule has 0 aliphatic heterocycles. The van der Waals surface area contributed by atoms with Gasteiger partial charge in [-0.15, -0.1) is 0 Å². The molecule has 0 aromatic heterocycles. The molecule has 0 atom stereocenters. The molecule has 1 aromatic rings. The number of carbonyl (C=O) groups is 1. The number of nitrogens with zero attached hydrogens (tertiary/aromatic N) is 1. The lowest BCUT2D eigenvalue weighted by atomic mass is 10.1. The summed E-state index contributed by atoms with van der Waals surface area (Å²) in [6.07, 6.45) is 1.12. The maximum Gasteiger partial charge on any atom is 0.268 e. The van der Waals surface area contributed by atoms with Gasteiger partial charge in [-0.25, -0.2) is 14.3 Å². The monoisotopic (exact) mass is 270 g/mol. The van der Waals surface area contributed by atoms with Crippen LogP contribution in [0.15, 0.2) is 29.2 Å². The smallest absolute Gasteiger partial charge is 0.268 e. The van der Waals surface area contributed by atoms with E-state index in [2.05, 4.69) is 0 Å². The molecule has 1 aromatic carbocycles. The molecule has 18 heavy (non-hydrogen) atoms. The molecule has 0 saturated heterocycles. The van der Waals surface area contributed by atoms with Gasteiger partial charge in [-0.3, -0.25) is 9.80 Å². The van der Waals surface area contributed by atoms with Crippen molar-refractivity contribution in [1.29, 1.82) is 0 Å². The van der Waals surface area contributed by atoms with Gasteiger partial charge in [-0.05, 0) is 45.0 Å². The van der Waals surface area contributed by atoms with E-state index < -0.39 is 15.4 Å². The molecule has 0 spiro atoms. The van der Waals surface area contributed by atoms with Crippen molar-refractivity contribution >= 4 is 15.7 Å². The Morgan fingerprint density at radius 1 is 1.17 bits per heavy atom. The van der Waals surface area contributed by atoms with Crippen LogP contribution in [-0.4, -0.2) is 31.1 Å². The molecule has 0 aliphatic carbocycles. The van der Waals surface area contributed by atoms with E-state index in [1.807, 2.05) is 20.8 Å². The summed E-state index contributed by atoms with van der Waals surface area (Å²) in [5, 5.41) is 1.13. The molecule has 2 N–H and O–H groups in total. The van der Waals surface area contributed by atoms with Gasteiger partial charge in [0.25, 0.3) is 5.91 Å². The maximum absolute atomic E-state index is 12.0. The lowest BCUT2D eigenvalue weighted by molar-refractivity contribution is 0.0582. The first-order chi connectivity index (χ1) is 8.03. The van der Waals surface area contributed by atoms with Crippen molar-refractivity contribution in [3.8, 4) is 0 Å². The Bertz CT molecular complexity index is 542. The van der Waals surface area contributed by atoms with Gasteiger partial charge in [0, 0.05) is 11.8 Å². The first kappa shape index (κ1) is 14.7. The predicted molar refractivity (Wildman–Crippen MR) is 69.7 cm³/mol. The van der Waals surface area contributed by atoms with Gasteiger partial charge in [0.2, 0.25) is 0 Å². The third kappa shape index (κ3) is 3.30. The minimum Gasteiger partial charge on any atom is -0.271 e. The van der Waals surface area contributed by atoms with E-state index >= 15 is 0 Å². The third-order valence-electron chi connectivity index (χ3n) is 2.47. The highest BCUT2D eigenvalue weighted by Gasteiger charge is 2.24. The van der Waals surface area contributed by atoms with Crippen LogP contribution in [0.25, 0.3) is 0 Å². The predicted octanol–water partition coefficient (Wildman–Crippen LogP) is 1.20. The third-order valence-corrected chi connectivity index (χ3v) is 3.60. The lowest BCUT2D eigenvalue weighted by Gasteiger charge is -2.31. The molecule has 0 heterocycles. The summed E-state index contributed by atoms with van der Waals surface area (Å²) in [5.74, 6) is 5.37. The SMILES string of the molecule is CC(C)(C)N(N)C(=O)c1ccc(S(C)(=O)=O)cc1. The van der Waals surface area contributed by atoms with E-state index in [4.69, 9.17) is 5.84 Å². The van der Waals surface area contributed by atoms with Crippen LogP contribution in [-0.2, 0) is 9.84 Å². The van der Waals surface area contributed by atoms with E-state index in [1.54, 1.807) is 0 Å². The molecule has 0 unspecified atom stereocenters. The maximum atomic E-state index is 12.0. The zero-order valence-electron chi connectivity index (χ0n) is 11.0. The quantitative estimate of drug-likeness (QED) is 0.497. The van der Waals surface area contributed by atoms with Crippen LogP contribution in [0, 0.1) is 0 Å². The van der Waals surface area contributed by atoms with Crippen molar-refractivity contribution in [3.63, 3.8) is 0 Å². The number of benzene rings is 1. The van der Waals surface area contributed by atoms with Crippen LogP contribution < -0.4 is 5.84 Å². The van der Waals surface area contributed by atoms with E-state index in [1.165, 1.54) is 24.3 Å². The fraction of sp³-hybridized carbons (Fsp3) is 0.417. The molecular weight excluding hydrogens is 252 g/mol. The standard InChI is InChI=1S/C12H18N2O3S/c1-12(2,3)14(13)11(15)9-5-7-10(8-6-9)18(4,16)17/h5-8H,13H2,1-4H3. The van der Waals surface area contributed by atoms with Gasteiger partial charge in [-0.2, -0.15) is 0 Å². The normalized spacial score (nSPS) is 12.3. The van der Waals surface area contributed by atoms with Gasteiger partial charge in [0.15, 0.2) is 9.84 Å². The summed E-state index contributed by atoms with van der Waals surface area (Å²) >= 11 is 0. The molecule has 5 nitrogen and oxygen atoms in total. The average Bonchev–Trinajstić information content (AvgIpc) is 2.25. The van der Waals surface area contributed by atoms with Gasteiger partial charge < -0.3 is 0 Å². The zero-order chi connectivity index (χ0) is 14.1. The highest BCUT2D eigenvalue weighted by molar-refractivity contribution is 7.90. The van der Waals surface area contributed by atoms with Crippen LogP contribution in [0.1, 0.15) is 31.1 Å². The van der Waals surface area contributed by atoms with Gasteiger partial charge >= 0.3 is 0 Å². The van der Waals surface area contributed by atoms with Crippen LogP contribution in [0.3, 0.4) is 0 Å². The van der Waals surface area contributed by atoms with Gasteiger partial charge in [-0.1, -0.05) is 0 Å². The van der Waals surface area contributed by atoms with Crippen LogP contribution in [0.4, 0.5) is 0 Å². The molecule has 0 saturated carbocycles. The van der Waals surface area contributed by atoms with E-state index in [0.29, 0.717) is 5.56 Å². The number of carbonyl (C=O) groups excluding carboxylic acids is 1. The van der Waals surface area contributed by atoms with Crippen LogP contribution in [0.5, 0.6) is 0 Å². The summed E-state index contributed by atoms with van der Waals surface area (Å²) < 4.78 is 22.6. The second-order valence-corrected chi connectivity index (χ2v) is 7.16. The Labute approximate surface area is 107 Å². The Kier molecular flexibility index (Phi) is 3.83. The van der Waals surface area contributed by atoms with Gasteiger partial charge in [0.05, 0.1) is 10.4 Å². The summed E-state index contributed by atoms with van der Waals surface area (Å²) in [6, 6.07) is 5.73. The topological polar surface area (TPSA) is 80.5 Å². The molecule has 0 fully saturated rings. The molecule has 0 bridgehead atoms. The molecule has 100 valence electrons. The summed E-state index contributed by atoms with van der Waals surface area (Å²) in [5.41, 5.74) is -0.133. The van der Waals surface area contributed by atoms with Crippen molar-refractivity contribution in [2.75, 3.05) is 6.26 Å². The van der Waals surface area contributed by atoms with Crippen LogP contribution >= 0.6 is 0 Å². The molecule has 6 heteroatoms. The van der Waals surface area contributed by atoms with Crippen molar-refractivity contribution in [1.82, 2.24) is 5.01 Å². The highest BCUT2D eigenvalue weighted by Crippen LogP contribution is 2.15. The lowest BCUT2D eigenvalue weighted by Crippen LogP contribution is -2.50. The first-order valence-electron chi connectivity index (χ1n) is 5.43. The largest absolute Gasteiger partial charge is 0.271 e. The number of hydrogen-bond acceptors (Lipinski definition) is 4. The number of hydrogen-bond donors (Lipinski definition) is 1. The Hall–Kier alpha value is -1.40. The summed E-state index contributed by atoms with van der Waals surface area (Å²) in [4.78, 5) is 12.2. The molecule has 1 amide bonds. The average molecular weight is 270 g/mol. The van der Waals surface area contributed by atoms with Crippen molar-refractivity contribution in [2.24, 2.45) is 5.84 Å². The number of rotatable bonds is 2. The van der Waals surface area contributed by atoms with Crippen molar-refractivity contribution < 1.29 is 13.2 Å². The summed E-state index contributed by atoms with van der Waals surface area (Å²) in [7, 11) is -3.25. The minimum absolute atomic E-state index is 0.179. The van der Waals surface area contributed by atoms with E-state index in [9.17, 15) is 13.2 Å². The number of amides is 1. The fourth-order valence-electron chi connectivity index (χ4n) is 1.29. The van der Waals surface area contributed by atoms with Gasteiger partial charge in [0.1, 0.15) is 0 Å². The number of nitrogens with two attached hydrogens (primary N) is 1. The molecule has 0 aliphatic rings. The zero-order valence-corrected chi connectivity index (χ0v) is 11.8. The van der Waals surface area contributed by atoms with Crippen molar-refractivity contribution in [3.05, 3.63) is 29.8 Å². The van der Waals surface area contributed by atoms with E-state index in [0.717, 1.165) is 11.3 Å². The molecule has 1 rings (SSSR count). The van der Waals surface area contributed by atoms with E-state index in [-0.39, 0.29) is 10.8 Å². The molecule has 0 radical (unpaired) electrons. The Morgan fingerprint density at radius 2 is 1.61 bits per heavy atom. The Balaban J connectivity index is 3.04. The second kappa shape index (κ2) is 4.70. The summed E-state index contributed by atoms with van der Waals surface area (Å²) in [6.45, 7) is 5.45. The second-order valence-electron chi connectivity index (χ2n) is 5.14. The van der Waals surface area contributed by atoms with Crippen LogP contribution in [0.2, 0.25) is 0 Å². The first-order valence-corrected chi connectivity index (χ1v) is 7.32.